The van der Waals surface area contributed by atoms with Gasteiger partial charge in [-0.2, -0.15) is 0 Å². The zero-order valence-corrected chi connectivity index (χ0v) is 17.5. The van der Waals surface area contributed by atoms with Crippen LogP contribution < -0.4 is 4.90 Å². The number of aryl methyl sites for hydroxylation is 1. The van der Waals surface area contributed by atoms with E-state index in [1.807, 2.05) is 11.8 Å². The molecule has 3 aromatic rings. The molecule has 0 saturated heterocycles. The lowest BCUT2D eigenvalue weighted by Gasteiger charge is -2.32. The number of anilines is 3. The Bertz CT molecular complexity index is 855. The summed E-state index contributed by atoms with van der Waals surface area (Å²) in [7, 11) is 0. The van der Waals surface area contributed by atoms with Gasteiger partial charge in [0.05, 0.1) is 11.4 Å². The summed E-state index contributed by atoms with van der Waals surface area (Å²) < 4.78 is 0. The molecule has 0 aromatic heterocycles. The predicted octanol–water partition coefficient (Wildman–Crippen LogP) is 8.52. The Hall–Kier alpha value is -2.19. The van der Waals surface area contributed by atoms with Gasteiger partial charge in [0.15, 0.2) is 0 Å². The molecule has 0 bridgehead atoms. The van der Waals surface area contributed by atoms with E-state index in [2.05, 4.69) is 84.6 Å². The largest absolute Gasteiger partial charge is 0.308 e. The van der Waals surface area contributed by atoms with E-state index >= 15 is 0 Å². The van der Waals surface area contributed by atoms with Crippen LogP contribution in [0, 0.1) is 0 Å². The number of para-hydroxylation sites is 2. The van der Waals surface area contributed by atoms with Crippen molar-refractivity contribution >= 4 is 28.8 Å². The number of hydrogen-bond acceptors (Lipinski definition) is 2. The van der Waals surface area contributed by atoms with E-state index in [0.29, 0.717) is 0 Å². The molecule has 4 rings (SSSR count). The molecule has 0 unspecified atom stereocenters. The van der Waals surface area contributed by atoms with Gasteiger partial charge in [0.25, 0.3) is 0 Å². The van der Waals surface area contributed by atoms with Crippen molar-refractivity contribution in [1.29, 1.82) is 0 Å². The lowest BCUT2D eigenvalue weighted by Crippen LogP contribution is -2.14. The smallest absolute Gasteiger partial charge is 0.0601 e. The van der Waals surface area contributed by atoms with Gasteiger partial charge in [-0.05, 0) is 54.8 Å². The minimum absolute atomic E-state index is 1.19. The van der Waals surface area contributed by atoms with Crippen LogP contribution in [0.2, 0.25) is 0 Å². The SMILES string of the molecule is CCCCCCCCc1ccc(N2c3ccccc3Sc3ccccc32)cc1. The maximum absolute atomic E-state index is 2.40. The van der Waals surface area contributed by atoms with Crippen LogP contribution in [-0.4, -0.2) is 0 Å². The summed E-state index contributed by atoms with van der Waals surface area (Å²) in [4.78, 5) is 5.03. The number of benzene rings is 3. The average molecular weight is 388 g/mol. The van der Waals surface area contributed by atoms with Crippen LogP contribution in [0.25, 0.3) is 0 Å². The molecule has 0 N–H and O–H groups in total. The highest BCUT2D eigenvalue weighted by Crippen LogP contribution is 2.50. The van der Waals surface area contributed by atoms with Gasteiger partial charge in [-0.3, -0.25) is 0 Å². The topological polar surface area (TPSA) is 3.24 Å². The zero-order chi connectivity index (χ0) is 19.2. The normalized spacial score (nSPS) is 12.5. The Kier molecular flexibility index (Phi) is 6.38. The maximum Gasteiger partial charge on any atom is 0.0601 e. The first-order chi connectivity index (χ1) is 13.9. The summed E-state index contributed by atoms with van der Waals surface area (Å²) in [5.41, 5.74) is 5.24. The molecule has 0 atom stereocenters. The van der Waals surface area contributed by atoms with Crippen molar-refractivity contribution < 1.29 is 0 Å². The van der Waals surface area contributed by atoms with Crippen molar-refractivity contribution in [2.75, 3.05) is 4.90 Å². The number of unbranched alkanes of at least 4 members (excludes halogenated alkanes) is 5. The molecule has 0 radical (unpaired) electrons. The van der Waals surface area contributed by atoms with Crippen molar-refractivity contribution in [1.82, 2.24) is 0 Å². The molecule has 28 heavy (non-hydrogen) atoms. The van der Waals surface area contributed by atoms with Crippen molar-refractivity contribution in [3.8, 4) is 0 Å². The molecule has 0 saturated carbocycles. The van der Waals surface area contributed by atoms with Crippen LogP contribution in [0.3, 0.4) is 0 Å². The molecule has 3 aromatic carbocycles. The van der Waals surface area contributed by atoms with Gasteiger partial charge < -0.3 is 4.90 Å². The fraction of sp³-hybridized carbons (Fsp3) is 0.308. The van der Waals surface area contributed by atoms with Crippen molar-refractivity contribution in [3.05, 3.63) is 78.4 Å². The second-order valence-corrected chi connectivity index (χ2v) is 8.64. The predicted molar refractivity (Wildman–Crippen MR) is 122 cm³/mol. The standard InChI is InChI=1S/C26H29NS/c1-2-3-4-5-6-7-12-21-17-19-22(20-18-21)27-23-13-8-10-15-25(23)28-26-16-11-9-14-24(26)27/h8-11,13-20H,2-7,12H2,1H3. The van der Waals surface area contributed by atoms with Crippen molar-refractivity contribution in [3.63, 3.8) is 0 Å². The summed E-state index contributed by atoms with van der Waals surface area (Å²) in [5, 5.41) is 0. The molecule has 0 spiro atoms. The highest BCUT2D eigenvalue weighted by atomic mass is 32.2. The monoisotopic (exact) mass is 387 g/mol. The minimum Gasteiger partial charge on any atom is -0.308 e. The number of fused-ring (bicyclic) bond motifs is 2. The highest BCUT2D eigenvalue weighted by molar-refractivity contribution is 7.99. The van der Waals surface area contributed by atoms with E-state index in [9.17, 15) is 0 Å². The lowest BCUT2D eigenvalue weighted by molar-refractivity contribution is 0.607. The average Bonchev–Trinajstić information content (AvgIpc) is 2.75. The molecule has 0 fully saturated rings. The Morgan fingerprint density at radius 1 is 0.643 bits per heavy atom. The Balaban J connectivity index is 1.50. The molecular formula is C26H29NS. The van der Waals surface area contributed by atoms with Gasteiger partial charge in [0.1, 0.15) is 0 Å². The third-order valence-corrected chi connectivity index (χ3v) is 6.58. The van der Waals surface area contributed by atoms with Gasteiger partial charge in [0, 0.05) is 15.5 Å². The molecule has 1 aliphatic heterocycles. The highest BCUT2D eigenvalue weighted by Gasteiger charge is 2.23. The van der Waals surface area contributed by atoms with Gasteiger partial charge in [-0.25, -0.2) is 0 Å². The molecule has 144 valence electrons. The Morgan fingerprint density at radius 3 is 1.86 bits per heavy atom. The molecular weight excluding hydrogens is 358 g/mol. The van der Waals surface area contributed by atoms with Crippen molar-refractivity contribution in [2.45, 2.75) is 61.7 Å². The van der Waals surface area contributed by atoms with E-state index in [0.717, 1.165) is 0 Å². The molecule has 1 nitrogen and oxygen atoms in total. The number of nitrogens with zero attached hydrogens (tertiary/aromatic N) is 1. The van der Waals surface area contributed by atoms with Crippen molar-refractivity contribution in [2.24, 2.45) is 0 Å². The summed E-state index contributed by atoms with van der Waals surface area (Å²) in [6.07, 6.45) is 9.32. The van der Waals surface area contributed by atoms with Crippen LogP contribution in [0.4, 0.5) is 17.1 Å². The first-order valence-corrected chi connectivity index (χ1v) is 11.4. The van der Waals surface area contributed by atoms with E-state index in [4.69, 9.17) is 0 Å². The molecule has 0 aliphatic carbocycles. The van der Waals surface area contributed by atoms with E-state index in [1.54, 1.807) is 0 Å². The fourth-order valence-electron chi connectivity index (χ4n) is 3.90. The summed E-state index contributed by atoms with van der Waals surface area (Å²) in [6, 6.07) is 26.6. The molecule has 2 heteroatoms. The number of rotatable bonds is 8. The maximum atomic E-state index is 2.40. The first-order valence-electron chi connectivity index (χ1n) is 10.6. The van der Waals surface area contributed by atoms with Gasteiger partial charge in [0.2, 0.25) is 0 Å². The third kappa shape index (κ3) is 4.28. The fourth-order valence-corrected chi connectivity index (χ4v) is 4.96. The van der Waals surface area contributed by atoms with E-state index in [-0.39, 0.29) is 0 Å². The number of hydrogen-bond donors (Lipinski definition) is 0. The van der Waals surface area contributed by atoms with Crippen LogP contribution >= 0.6 is 11.8 Å². The van der Waals surface area contributed by atoms with Crippen LogP contribution in [-0.2, 0) is 6.42 Å². The van der Waals surface area contributed by atoms with Gasteiger partial charge >= 0.3 is 0 Å². The lowest BCUT2D eigenvalue weighted by atomic mass is 10.0. The van der Waals surface area contributed by atoms with E-state index < -0.39 is 0 Å². The minimum atomic E-state index is 1.19. The zero-order valence-electron chi connectivity index (χ0n) is 16.7. The summed E-state index contributed by atoms with van der Waals surface area (Å²) in [6.45, 7) is 2.28. The quantitative estimate of drug-likeness (QED) is 0.279. The third-order valence-electron chi connectivity index (χ3n) is 5.45. The molecule has 0 amide bonds. The second-order valence-electron chi connectivity index (χ2n) is 7.56. The van der Waals surface area contributed by atoms with E-state index in [1.165, 1.54) is 77.4 Å². The first kappa shape index (κ1) is 19.1. The van der Waals surface area contributed by atoms with Gasteiger partial charge in [-0.15, -0.1) is 0 Å². The van der Waals surface area contributed by atoms with Crippen LogP contribution in [0.5, 0.6) is 0 Å². The van der Waals surface area contributed by atoms with Crippen LogP contribution in [0.1, 0.15) is 51.0 Å². The van der Waals surface area contributed by atoms with Crippen LogP contribution in [0.15, 0.2) is 82.6 Å². The second kappa shape index (κ2) is 9.34. The summed E-state index contributed by atoms with van der Waals surface area (Å²) >= 11 is 1.86. The Labute approximate surface area is 173 Å². The molecule has 1 aliphatic rings. The van der Waals surface area contributed by atoms with Gasteiger partial charge in [-0.1, -0.05) is 87.2 Å². The molecule has 1 heterocycles. The summed E-state index contributed by atoms with van der Waals surface area (Å²) in [5.74, 6) is 0. The Morgan fingerprint density at radius 2 is 1.21 bits per heavy atom.